The topological polar surface area (TPSA) is 97.7 Å². The van der Waals surface area contributed by atoms with Gasteiger partial charge in [0.15, 0.2) is 0 Å². The molecule has 0 radical (unpaired) electrons. The first-order chi connectivity index (χ1) is 5.07. The van der Waals surface area contributed by atoms with Crippen molar-refractivity contribution in [2.45, 2.75) is 5.78 Å². The fraction of sp³-hybridized carbons (Fsp3) is 0.800. The molecule has 7 heteroatoms. The van der Waals surface area contributed by atoms with Crippen LogP contribution in [0, 0.1) is 0 Å². The SMILES string of the molecule is C[N+](C)(C)C(C(=O)[O-])P(=O)(O)O. The molecule has 0 bridgehead atoms. The molecule has 0 aromatic carbocycles. The number of aliphatic carboxylic acids is 1. The lowest BCUT2D eigenvalue weighted by molar-refractivity contribution is -0.877. The minimum absolute atomic E-state index is 0.368. The summed E-state index contributed by atoms with van der Waals surface area (Å²) in [6.45, 7) is 0. The number of carboxylic acids is 1. The van der Waals surface area contributed by atoms with Crippen molar-refractivity contribution in [2.24, 2.45) is 0 Å². The van der Waals surface area contributed by atoms with Crippen molar-refractivity contribution in [2.75, 3.05) is 21.1 Å². The molecule has 0 aromatic rings. The quantitative estimate of drug-likeness (QED) is 0.400. The van der Waals surface area contributed by atoms with Gasteiger partial charge in [0.05, 0.1) is 21.1 Å². The molecule has 0 aliphatic heterocycles. The number of carbonyl (C=O) groups is 1. The van der Waals surface area contributed by atoms with Gasteiger partial charge in [0.2, 0.25) is 5.78 Å². The van der Waals surface area contributed by atoms with E-state index in [0.717, 1.165) is 0 Å². The lowest BCUT2D eigenvalue weighted by Crippen LogP contribution is -2.54. The zero-order chi connectivity index (χ0) is 10.2. The monoisotopic (exact) mass is 197 g/mol. The van der Waals surface area contributed by atoms with Gasteiger partial charge in [-0.25, -0.2) is 0 Å². The first-order valence-electron chi connectivity index (χ1n) is 3.14. The molecule has 0 saturated heterocycles. The van der Waals surface area contributed by atoms with E-state index in [1.165, 1.54) is 21.1 Å². The fourth-order valence-electron chi connectivity index (χ4n) is 0.905. The maximum Gasteiger partial charge on any atom is 0.388 e. The summed E-state index contributed by atoms with van der Waals surface area (Å²) in [6.07, 6.45) is 0. The molecule has 0 rings (SSSR count). The highest BCUT2D eigenvalue weighted by molar-refractivity contribution is 7.53. The Hall–Kier alpha value is -0.420. The van der Waals surface area contributed by atoms with E-state index in [9.17, 15) is 14.5 Å². The highest BCUT2D eigenvalue weighted by atomic mass is 31.2. The molecule has 6 nitrogen and oxygen atoms in total. The summed E-state index contributed by atoms with van der Waals surface area (Å²) in [7, 11) is -0.520. The van der Waals surface area contributed by atoms with Gasteiger partial charge in [0, 0.05) is 0 Å². The molecule has 0 saturated carbocycles. The van der Waals surface area contributed by atoms with Crippen molar-refractivity contribution in [3.05, 3.63) is 0 Å². The Morgan fingerprint density at radius 3 is 1.75 bits per heavy atom. The molecule has 0 spiro atoms. The molecule has 72 valence electrons. The molecular formula is C5H12NO5P. The van der Waals surface area contributed by atoms with Gasteiger partial charge < -0.3 is 24.2 Å². The minimum Gasteiger partial charge on any atom is -0.543 e. The van der Waals surface area contributed by atoms with Crippen LogP contribution in [-0.2, 0) is 9.36 Å². The number of quaternary nitrogens is 1. The summed E-state index contributed by atoms with van der Waals surface area (Å²) in [6, 6.07) is 0. The van der Waals surface area contributed by atoms with Crippen molar-refractivity contribution in [1.29, 1.82) is 0 Å². The number of likely N-dealkylation sites (N-methyl/N-ethyl adjacent to an activating group) is 1. The Morgan fingerprint density at radius 1 is 1.42 bits per heavy atom. The summed E-state index contributed by atoms with van der Waals surface area (Å²) in [5.74, 6) is -3.55. The summed E-state index contributed by atoms with van der Waals surface area (Å²) in [4.78, 5) is 27.7. The molecule has 0 aromatic heterocycles. The van der Waals surface area contributed by atoms with Gasteiger partial charge in [-0.1, -0.05) is 0 Å². The van der Waals surface area contributed by atoms with Gasteiger partial charge in [0.25, 0.3) is 0 Å². The maximum absolute atomic E-state index is 10.7. The fourth-order valence-corrected chi connectivity index (χ4v) is 2.08. The Balaban J connectivity index is 4.96. The number of hydrogen-bond acceptors (Lipinski definition) is 3. The largest absolute Gasteiger partial charge is 0.543 e. The average molecular weight is 197 g/mol. The number of rotatable bonds is 3. The van der Waals surface area contributed by atoms with Crippen LogP contribution in [0.15, 0.2) is 0 Å². The van der Waals surface area contributed by atoms with E-state index >= 15 is 0 Å². The molecule has 2 N–H and O–H groups in total. The number of nitrogens with zero attached hydrogens (tertiary/aromatic N) is 1. The van der Waals surface area contributed by atoms with Gasteiger partial charge in [-0.05, 0) is 0 Å². The maximum atomic E-state index is 10.7. The second kappa shape index (κ2) is 3.14. The molecular weight excluding hydrogens is 185 g/mol. The van der Waals surface area contributed by atoms with Crippen molar-refractivity contribution >= 4 is 13.6 Å². The normalized spacial score (nSPS) is 15.8. The predicted octanol–water partition coefficient (Wildman–Crippen LogP) is -2.05. The van der Waals surface area contributed by atoms with Crippen molar-refractivity contribution < 1.29 is 28.7 Å². The molecule has 0 fully saturated rings. The lowest BCUT2D eigenvalue weighted by Gasteiger charge is -2.34. The van der Waals surface area contributed by atoms with Crippen LogP contribution in [0.25, 0.3) is 0 Å². The minimum atomic E-state index is -4.64. The van der Waals surface area contributed by atoms with E-state index in [2.05, 4.69) is 0 Å². The number of hydrogen-bond donors (Lipinski definition) is 2. The summed E-state index contributed by atoms with van der Waals surface area (Å²) in [5, 5.41) is 10.4. The van der Waals surface area contributed by atoms with E-state index in [0.29, 0.717) is 0 Å². The van der Waals surface area contributed by atoms with Crippen molar-refractivity contribution in [1.82, 2.24) is 0 Å². The van der Waals surface area contributed by atoms with Gasteiger partial charge in [0.1, 0.15) is 5.97 Å². The van der Waals surface area contributed by atoms with Crippen LogP contribution in [0.1, 0.15) is 0 Å². The van der Waals surface area contributed by atoms with Crippen LogP contribution >= 0.6 is 7.60 Å². The van der Waals surface area contributed by atoms with E-state index in [1.54, 1.807) is 0 Å². The number of carboxylic acid groups (broad SMARTS) is 1. The highest BCUT2D eigenvalue weighted by Crippen LogP contribution is 2.43. The van der Waals surface area contributed by atoms with Gasteiger partial charge >= 0.3 is 7.60 Å². The predicted molar refractivity (Wildman–Crippen MR) is 38.9 cm³/mol. The Labute approximate surface area is 70.2 Å². The Kier molecular flexibility index (Phi) is 3.03. The summed E-state index contributed by atoms with van der Waals surface area (Å²) in [5.41, 5.74) is 0. The summed E-state index contributed by atoms with van der Waals surface area (Å²) < 4.78 is 10.3. The van der Waals surface area contributed by atoms with E-state index in [4.69, 9.17) is 9.79 Å². The third-order valence-corrected chi connectivity index (χ3v) is 2.80. The third-order valence-electron chi connectivity index (χ3n) is 1.26. The number of carbonyl (C=O) groups excluding carboxylic acids is 1. The van der Waals surface area contributed by atoms with Crippen molar-refractivity contribution in [3.8, 4) is 0 Å². The average Bonchev–Trinajstić information content (AvgIpc) is 1.49. The summed E-state index contributed by atoms with van der Waals surface area (Å²) >= 11 is 0. The van der Waals surface area contributed by atoms with Crippen LogP contribution in [0.3, 0.4) is 0 Å². The van der Waals surface area contributed by atoms with E-state index in [-0.39, 0.29) is 4.48 Å². The highest BCUT2D eigenvalue weighted by Gasteiger charge is 2.41. The van der Waals surface area contributed by atoms with Gasteiger partial charge in [-0.3, -0.25) is 4.57 Å². The van der Waals surface area contributed by atoms with E-state index in [1.807, 2.05) is 0 Å². The molecule has 0 amide bonds. The van der Waals surface area contributed by atoms with Crippen LogP contribution in [-0.4, -0.2) is 47.2 Å². The molecule has 12 heavy (non-hydrogen) atoms. The van der Waals surface area contributed by atoms with Gasteiger partial charge in [-0.15, -0.1) is 0 Å². The smallest absolute Gasteiger partial charge is 0.388 e. The van der Waals surface area contributed by atoms with E-state index < -0.39 is 19.3 Å². The third kappa shape index (κ3) is 2.91. The Morgan fingerprint density at radius 2 is 1.75 bits per heavy atom. The van der Waals surface area contributed by atoms with Crippen LogP contribution < -0.4 is 5.11 Å². The van der Waals surface area contributed by atoms with Crippen LogP contribution in [0.4, 0.5) is 0 Å². The standard InChI is InChI=1S/C5H12NO5P/c1-6(2,3)4(5(7)8)12(9,10)11/h4H,1-3H3,(H2-,7,8,9,10,11). The first kappa shape index (κ1) is 11.6. The zero-order valence-electron chi connectivity index (χ0n) is 7.09. The molecule has 0 aliphatic rings. The Bertz CT molecular complexity index is 226. The van der Waals surface area contributed by atoms with Gasteiger partial charge in [-0.2, -0.15) is 0 Å². The first-order valence-corrected chi connectivity index (χ1v) is 4.82. The molecule has 1 atom stereocenters. The molecule has 1 unspecified atom stereocenters. The molecule has 0 heterocycles. The second-order valence-electron chi connectivity index (χ2n) is 3.40. The van der Waals surface area contributed by atoms with Crippen molar-refractivity contribution in [3.63, 3.8) is 0 Å². The lowest BCUT2D eigenvalue weighted by atomic mass is 10.5. The van der Waals surface area contributed by atoms with Crippen LogP contribution in [0.2, 0.25) is 0 Å². The van der Waals surface area contributed by atoms with Crippen LogP contribution in [0.5, 0.6) is 0 Å². The second-order valence-corrected chi connectivity index (χ2v) is 5.07. The zero-order valence-corrected chi connectivity index (χ0v) is 7.99. The molecule has 0 aliphatic carbocycles.